The topological polar surface area (TPSA) is 8.81 Å². The molecule has 1 aromatic rings. The number of nitrogens with zero attached hydrogens (tertiary/aromatic N) is 2. The van der Waals surface area contributed by atoms with E-state index in [2.05, 4.69) is 42.3 Å². The molecule has 0 N–H and O–H groups in total. The Bertz CT molecular complexity index is 469. The van der Waals surface area contributed by atoms with Gasteiger partial charge in [0.25, 0.3) is 5.82 Å². The summed E-state index contributed by atoms with van der Waals surface area (Å²) in [6.45, 7) is 9.37. The molecule has 0 radical (unpaired) electrons. The van der Waals surface area contributed by atoms with Crippen molar-refractivity contribution in [3.63, 3.8) is 0 Å². The van der Waals surface area contributed by atoms with Crippen molar-refractivity contribution in [2.75, 3.05) is 0 Å². The minimum absolute atomic E-state index is 1.23. The SMILES string of the molecule is CCCCCCCCCc1n(CCCCCCCCC)cc[n+]1CCCCCCCCC. The zero-order valence-corrected chi connectivity index (χ0v) is 22.5. The first-order chi connectivity index (χ1) is 15.8. The molecule has 0 saturated carbocycles. The number of aromatic nitrogens is 2. The normalized spacial score (nSPS) is 11.5. The summed E-state index contributed by atoms with van der Waals surface area (Å²) in [6, 6.07) is 0. The number of rotatable bonds is 24. The van der Waals surface area contributed by atoms with Crippen LogP contribution in [0.5, 0.6) is 0 Å². The third-order valence-corrected chi connectivity index (χ3v) is 7.10. The van der Waals surface area contributed by atoms with Crippen molar-refractivity contribution in [3.05, 3.63) is 18.2 Å². The molecule has 1 rings (SSSR count). The van der Waals surface area contributed by atoms with E-state index in [-0.39, 0.29) is 0 Å². The lowest BCUT2D eigenvalue weighted by Crippen LogP contribution is -2.37. The minimum atomic E-state index is 1.23. The highest BCUT2D eigenvalue weighted by molar-refractivity contribution is 4.84. The van der Waals surface area contributed by atoms with Gasteiger partial charge in [0.2, 0.25) is 0 Å². The van der Waals surface area contributed by atoms with E-state index >= 15 is 0 Å². The van der Waals surface area contributed by atoms with E-state index in [1.807, 2.05) is 0 Å². The monoisotopic (exact) mass is 447 g/mol. The molecule has 0 spiro atoms. The van der Waals surface area contributed by atoms with Crippen LogP contribution in [-0.4, -0.2) is 4.57 Å². The highest BCUT2D eigenvalue weighted by Gasteiger charge is 2.16. The minimum Gasteiger partial charge on any atom is -0.234 e. The van der Waals surface area contributed by atoms with E-state index in [9.17, 15) is 0 Å². The standard InChI is InChI=1S/C30H59N2/c1-4-7-10-13-16-19-22-25-30-31(26-23-20-17-14-11-8-5-2)28-29-32(30)27-24-21-18-15-12-9-6-3/h28-29H,4-27H2,1-3H3/q+1. The summed E-state index contributed by atoms with van der Waals surface area (Å²) >= 11 is 0. The average molecular weight is 448 g/mol. The van der Waals surface area contributed by atoms with Gasteiger partial charge in [-0.1, -0.05) is 124 Å². The summed E-state index contributed by atoms with van der Waals surface area (Å²) in [5.41, 5.74) is 0. The van der Waals surface area contributed by atoms with Crippen molar-refractivity contribution in [3.8, 4) is 0 Å². The van der Waals surface area contributed by atoms with Crippen molar-refractivity contribution in [1.82, 2.24) is 4.57 Å². The first kappa shape index (κ1) is 29.2. The molecule has 0 fully saturated rings. The highest BCUT2D eigenvalue weighted by atomic mass is 15.1. The van der Waals surface area contributed by atoms with Crippen LogP contribution in [-0.2, 0) is 19.5 Å². The zero-order chi connectivity index (χ0) is 23.1. The molecule has 2 heteroatoms. The Morgan fingerprint density at radius 2 is 0.969 bits per heavy atom. The lowest BCUT2D eigenvalue weighted by atomic mass is 10.1. The van der Waals surface area contributed by atoms with E-state index in [1.54, 1.807) is 5.82 Å². The molecule has 0 aliphatic heterocycles. The molecule has 0 saturated heterocycles. The number of imidazole rings is 1. The fourth-order valence-electron chi connectivity index (χ4n) is 4.91. The first-order valence-corrected chi connectivity index (χ1v) is 14.9. The second-order valence-electron chi connectivity index (χ2n) is 10.2. The molecule has 0 amide bonds. The van der Waals surface area contributed by atoms with E-state index in [0.717, 1.165) is 0 Å². The summed E-state index contributed by atoms with van der Waals surface area (Å²) in [6.07, 6.45) is 35.5. The number of aryl methyl sites for hydroxylation is 2. The third-order valence-electron chi connectivity index (χ3n) is 7.10. The van der Waals surface area contributed by atoms with Gasteiger partial charge in [0.15, 0.2) is 0 Å². The number of hydrogen-bond acceptors (Lipinski definition) is 0. The van der Waals surface area contributed by atoms with Crippen LogP contribution in [0.2, 0.25) is 0 Å². The second-order valence-corrected chi connectivity index (χ2v) is 10.2. The van der Waals surface area contributed by atoms with Crippen LogP contribution >= 0.6 is 0 Å². The molecular weight excluding hydrogens is 388 g/mol. The van der Waals surface area contributed by atoms with Gasteiger partial charge in [-0.2, -0.15) is 0 Å². The van der Waals surface area contributed by atoms with E-state index < -0.39 is 0 Å². The third kappa shape index (κ3) is 15.1. The van der Waals surface area contributed by atoms with Crippen LogP contribution in [0.4, 0.5) is 0 Å². The molecule has 1 aromatic heterocycles. The Morgan fingerprint density at radius 3 is 1.50 bits per heavy atom. The highest BCUT2D eigenvalue weighted by Crippen LogP contribution is 2.13. The Hall–Kier alpha value is -0.790. The van der Waals surface area contributed by atoms with Gasteiger partial charge < -0.3 is 0 Å². The van der Waals surface area contributed by atoms with Crippen LogP contribution in [0.15, 0.2) is 12.4 Å². The van der Waals surface area contributed by atoms with Crippen molar-refractivity contribution >= 4 is 0 Å². The van der Waals surface area contributed by atoms with E-state index in [4.69, 9.17) is 0 Å². The average Bonchev–Trinajstić information content (AvgIpc) is 3.18. The smallest absolute Gasteiger partial charge is 0.234 e. The maximum Gasteiger partial charge on any atom is 0.256 e. The van der Waals surface area contributed by atoms with E-state index in [0.29, 0.717) is 0 Å². The first-order valence-electron chi connectivity index (χ1n) is 14.9. The molecule has 0 bridgehead atoms. The maximum absolute atomic E-state index is 2.60. The molecule has 188 valence electrons. The molecule has 2 nitrogen and oxygen atoms in total. The van der Waals surface area contributed by atoms with Gasteiger partial charge in [0.05, 0.1) is 13.1 Å². The van der Waals surface area contributed by atoms with Gasteiger partial charge in [-0.3, -0.25) is 0 Å². The van der Waals surface area contributed by atoms with Crippen LogP contribution < -0.4 is 4.57 Å². The van der Waals surface area contributed by atoms with Gasteiger partial charge >= 0.3 is 0 Å². The molecular formula is C30H59N2+. The van der Waals surface area contributed by atoms with Crippen LogP contribution in [0.1, 0.15) is 161 Å². The Morgan fingerprint density at radius 1 is 0.531 bits per heavy atom. The molecule has 32 heavy (non-hydrogen) atoms. The number of unbranched alkanes of at least 4 members (excludes halogenated alkanes) is 18. The van der Waals surface area contributed by atoms with Gasteiger partial charge in [0, 0.05) is 6.42 Å². The summed E-state index contributed by atoms with van der Waals surface area (Å²) < 4.78 is 5.20. The summed E-state index contributed by atoms with van der Waals surface area (Å²) in [5.74, 6) is 1.61. The maximum atomic E-state index is 2.60. The summed E-state index contributed by atoms with van der Waals surface area (Å²) in [5, 5.41) is 0. The predicted molar refractivity (Wildman–Crippen MR) is 142 cm³/mol. The fraction of sp³-hybridized carbons (Fsp3) is 0.900. The zero-order valence-electron chi connectivity index (χ0n) is 22.5. The summed E-state index contributed by atoms with van der Waals surface area (Å²) in [7, 11) is 0. The lowest BCUT2D eigenvalue weighted by Gasteiger charge is -2.07. The molecule has 0 aliphatic carbocycles. The lowest BCUT2D eigenvalue weighted by molar-refractivity contribution is -0.704. The Kier molecular flexibility index (Phi) is 20.1. The van der Waals surface area contributed by atoms with Crippen molar-refractivity contribution in [1.29, 1.82) is 0 Å². The quantitative estimate of drug-likeness (QED) is 0.110. The van der Waals surface area contributed by atoms with Gasteiger partial charge in [-0.05, 0) is 32.1 Å². The van der Waals surface area contributed by atoms with Gasteiger partial charge in [-0.15, -0.1) is 0 Å². The Balaban J connectivity index is 2.40. The Labute approximate surface area is 202 Å². The van der Waals surface area contributed by atoms with Crippen molar-refractivity contribution in [2.45, 2.75) is 175 Å². The molecule has 1 heterocycles. The molecule has 0 unspecified atom stereocenters. The van der Waals surface area contributed by atoms with Crippen LogP contribution in [0, 0.1) is 0 Å². The molecule has 0 aliphatic rings. The fourth-order valence-corrected chi connectivity index (χ4v) is 4.91. The predicted octanol–water partition coefficient (Wildman–Crippen LogP) is 9.57. The second kappa shape index (κ2) is 22.0. The van der Waals surface area contributed by atoms with E-state index in [1.165, 1.54) is 154 Å². The van der Waals surface area contributed by atoms with Crippen LogP contribution in [0.25, 0.3) is 0 Å². The van der Waals surface area contributed by atoms with Crippen molar-refractivity contribution in [2.24, 2.45) is 0 Å². The largest absolute Gasteiger partial charge is 0.256 e. The van der Waals surface area contributed by atoms with Crippen LogP contribution in [0.3, 0.4) is 0 Å². The number of hydrogen-bond donors (Lipinski definition) is 0. The van der Waals surface area contributed by atoms with Crippen molar-refractivity contribution < 1.29 is 4.57 Å². The van der Waals surface area contributed by atoms with Gasteiger partial charge in [0.1, 0.15) is 12.4 Å². The molecule has 0 aromatic carbocycles. The van der Waals surface area contributed by atoms with Gasteiger partial charge in [-0.25, -0.2) is 9.13 Å². The molecule has 0 atom stereocenters. The summed E-state index contributed by atoms with van der Waals surface area (Å²) in [4.78, 5) is 0.